The van der Waals surface area contributed by atoms with Crippen molar-refractivity contribution < 1.29 is 4.74 Å². The monoisotopic (exact) mass is 227 g/mol. The molecule has 0 radical (unpaired) electrons. The largest absolute Gasteiger partial charge is 0.377 e. The van der Waals surface area contributed by atoms with Gasteiger partial charge in [0.2, 0.25) is 0 Å². The van der Waals surface area contributed by atoms with Crippen LogP contribution in [0.3, 0.4) is 0 Å². The summed E-state index contributed by atoms with van der Waals surface area (Å²) in [5.41, 5.74) is 0. The molecule has 16 heavy (non-hydrogen) atoms. The molecule has 2 heteroatoms. The molecule has 0 bridgehead atoms. The lowest BCUT2D eigenvalue weighted by Gasteiger charge is -2.32. The van der Waals surface area contributed by atoms with Crippen molar-refractivity contribution in [2.75, 3.05) is 13.2 Å². The van der Waals surface area contributed by atoms with Gasteiger partial charge in [-0.05, 0) is 44.6 Å². The molecule has 1 aliphatic carbocycles. The first-order valence-electron chi connectivity index (χ1n) is 7.09. The van der Waals surface area contributed by atoms with Gasteiger partial charge in [-0.25, -0.2) is 0 Å². The fourth-order valence-corrected chi connectivity index (χ4v) is 2.36. The lowest BCUT2D eigenvalue weighted by Crippen LogP contribution is -2.47. The van der Waals surface area contributed by atoms with Crippen LogP contribution < -0.4 is 5.32 Å². The van der Waals surface area contributed by atoms with E-state index in [1.807, 2.05) is 0 Å². The third kappa shape index (κ3) is 4.06. The average Bonchev–Trinajstić information content (AvgIpc) is 3.11. The normalized spacial score (nSPS) is 21.8. The second kappa shape index (κ2) is 7.29. The van der Waals surface area contributed by atoms with Crippen LogP contribution in [0.15, 0.2) is 0 Å². The van der Waals surface area contributed by atoms with E-state index in [2.05, 4.69) is 33.0 Å². The van der Waals surface area contributed by atoms with Crippen molar-refractivity contribution in [2.24, 2.45) is 11.8 Å². The third-order valence-electron chi connectivity index (χ3n) is 3.69. The molecule has 0 saturated heterocycles. The van der Waals surface area contributed by atoms with Crippen molar-refractivity contribution in [3.63, 3.8) is 0 Å². The lowest BCUT2D eigenvalue weighted by atomic mass is 9.91. The van der Waals surface area contributed by atoms with Gasteiger partial charge in [0.05, 0.1) is 6.10 Å². The van der Waals surface area contributed by atoms with E-state index >= 15 is 0 Å². The summed E-state index contributed by atoms with van der Waals surface area (Å²) < 4.78 is 5.99. The molecule has 0 spiro atoms. The SMILES string of the molecule is CCCNC(C(C)CC)C(OCC)C1CC1. The van der Waals surface area contributed by atoms with E-state index in [0.29, 0.717) is 18.1 Å². The van der Waals surface area contributed by atoms with Crippen LogP contribution in [0.5, 0.6) is 0 Å². The first-order valence-corrected chi connectivity index (χ1v) is 7.09. The quantitative estimate of drug-likeness (QED) is 0.653. The van der Waals surface area contributed by atoms with Crippen molar-refractivity contribution in [1.82, 2.24) is 5.32 Å². The van der Waals surface area contributed by atoms with E-state index in [1.165, 1.54) is 25.7 Å². The second-order valence-corrected chi connectivity index (χ2v) is 5.12. The van der Waals surface area contributed by atoms with E-state index < -0.39 is 0 Å². The molecule has 1 rings (SSSR count). The Morgan fingerprint density at radius 1 is 1.25 bits per heavy atom. The summed E-state index contributed by atoms with van der Waals surface area (Å²) in [7, 11) is 0. The Labute approximate surface area is 101 Å². The Morgan fingerprint density at radius 3 is 2.38 bits per heavy atom. The van der Waals surface area contributed by atoms with Crippen LogP contribution in [0.4, 0.5) is 0 Å². The van der Waals surface area contributed by atoms with E-state index in [-0.39, 0.29) is 0 Å². The summed E-state index contributed by atoms with van der Waals surface area (Å²) in [5.74, 6) is 1.53. The highest BCUT2D eigenvalue weighted by Gasteiger charge is 2.38. The van der Waals surface area contributed by atoms with Gasteiger partial charge in [-0.3, -0.25) is 0 Å². The molecule has 96 valence electrons. The average molecular weight is 227 g/mol. The van der Waals surface area contributed by atoms with E-state index in [4.69, 9.17) is 4.74 Å². The van der Waals surface area contributed by atoms with Gasteiger partial charge in [-0.15, -0.1) is 0 Å². The zero-order chi connectivity index (χ0) is 12.0. The molecule has 0 amide bonds. The van der Waals surface area contributed by atoms with Gasteiger partial charge in [0.15, 0.2) is 0 Å². The van der Waals surface area contributed by atoms with Gasteiger partial charge < -0.3 is 10.1 Å². The second-order valence-electron chi connectivity index (χ2n) is 5.12. The van der Waals surface area contributed by atoms with Crippen molar-refractivity contribution in [3.8, 4) is 0 Å². The van der Waals surface area contributed by atoms with Gasteiger partial charge in [0.25, 0.3) is 0 Å². The standard InChI is InChI=1S/C14H29NO/c1-5-10-15-13(11(4)6-2)14(16-7-3)12-8-9-12/h11-15H,5-10H2,1-4H3. The summed E-state index contributed by atoms with van der Waals surface area (Å²) in [6.45, 7) is 10.9. The maximum Gasteiger partial charge on any atom is 0.0758 e. The summed E-state index contributed by atoms with van der Waals surface area (Å²) in [5, 5.41) is 3.70. The molecule has 0 aromatic rings. The van der Waals surface area contributed by atoms with Crippen molar-refractivity contribution in [2.45, 2.75) is 65.5 Å². The van der Waals surface area contributed by atoms with Crippen molar-refractivity contribution in [1.29, 1.82) is 0 Å². The van der Waals surface area contributed by atoms with Crippen LogP contribution in [0, 0.1) is 11.8 Å². The van der Waals surface area contributed by atoms with Gasteiger partial charge in [-0.2, -0.15) is 0 Å². The molecule has 3 unspecified atom stereocenters. The lowest BCUT2D eigenvalue weighted by molar-refractivity contribution is 0.00456. The summed E-state index contributed by atoms with van der Waals surface area (Å²) in [6.07, 6.45) is 5.62. The molecule has 1 aliphatic rings. The van der Waals surface area contributed by atoms with Crippen LogP contribution in [0.1, 0.15) is 53.4 Å². The molecule has 1 saturated carbocycles. The molecule has 1 fully saturated rings. The van der Waals surface area contributed by atoms with Crippen LogP contribution in [0.2, 0.25) is 0 Å². The fourth-order valence-electron chi connectivity index (χ4n) is 2.36. The summed E-state index contributed by atoms with van der Waals surface area (Å²) >= 11 is 0. The maximum atomic E-state index is 5.99. The van der Waals surface area contributed by atoms with Gasteiger partial charge in [0.1, 0.15) is 0 Å². The molecule has 0 aliphatic heterocycles. The number of ether oxygens (including phenoxy) is 1. The fraction of sp³-hybridized carbons (Fsp3) is 1.00. The highest BCUT2D eigenvalue weighted by Crippen LogP contribution is 2.37. The smallest absolute Gasteiger partial charge is 0.0758 e. The zero-order valence-corrected chi connectivity index (χ0v) is 11.5. The Morgan fingerprint density at radius 2 is 1.94 bits per heavy atom. The Bertz CT molecular complexity index is 180. The van der Waals surface area contributed by atoms with Crippen molar-refractivity contribution >= 4 is 0 Å². The first-order chi connectivity index (χ1) is 7.74. The highest BCUT2D eigenvalue weighted by atomic mass is 16.5. The van der Waals surface area contributed by atoms with Gasteiger partial charge in [0, 0.05) is 12.6 Å². The van der Waals surface area contributed by atoms with Crippen LogP contribution in [-0.4, -0.2) is 25.3 Å². The minimum atomic E-state index is 0.450. The van der Waals surface area contributed by atoms with Gasteiger partial charge in [-0.1, -0.05) is 27.2 Å². The molecule has 0 aromatic carbocycles. The molecule has 3 atom stereocenters. The van der Waals surface area contributed by atoms with Crippen molar-refractivity contribution in [3.05, 3.63) is 0 Å². The maximum absolute atomic E-state index is 5.99. The minimum absolute atomic E-state index is 0.450. The van der Waals surface area contributed by atoms with Crippen LogP contribution in [-0.2, 0) is 4.74 Å². The molecule has 0 heterocycles. The minimum Gasteiger partial charge on any atom is -0.377 e. The number of rotatable bonds is 9. The molecule has 2 nitrogen and oxygen atoms in total. The van der Waals surface area contributed by atoms with E-state index in [1.54, 1.807) is 0 Å². The van der Waals surface area contributed by atoms with Crippen LogP contribution >= 0.6 is 0 Å². The third-order valence-corrected chi connectivity index (χ3v) is 3.69. The molecule has 0 aromatic heterocycles. The topological polar surface area (TPSA) is 21.3 Å². The summed E-state index contributed by atoms with van der Waals surface area (Å²) in [6, 6.07) is 0.553. The number of hydrogen-bond donors (Lipinski definition) is 1. The zero-order valence-electron chi connectivity index (χ0n) is 11.5. The van der Waals surface area contributed by atoms with Gasteiger partial charge >= 0.3 is 0 Å². The highest BCUT2D eigenvalue weighted by molar-refractivity contribution is 4.92. The Hall–Kier alpha value is -0.0800. The predicted octanol–water partition coefficient (Wildman–Crippen LogP) is 3.22. The number of nitrogens with one attached hydrogen (secondary N) is 1. The van der Waals surface area contributed by atoms with E-state index in [9.17, 15) is 0 Å². The predicted molar refractivity (Wildman–Crippen MR) is 69.7 cm³/mol. The Kier molecular flexibility index (Phi) is 6.37. The number of hydrogen-bond acceptors (Lipinski definition) is 2. The summed E-state index contributed by atoms with van der Waals surface area (Å²) in [4.78, 5) is 0. The molecule has 1 N–H and O–H groups in total. The molecular formula is C14H29NO. The van der Waals surface area contributed by atoms with Crippen LogP contribution in [0.25, 0.3) is 0 Å². The van der Waals surface area contributed by atoms with E-state index in [0.717, 1.165) is 19.1 Å². The first kappa shape index (κ1) is 14.0. The molecular weight excluding hydrogens is 198 g/mol. The Balaban J connectivity index is 2.54.